The molecule has 33 heavy (non-hydrogen) atoms. The zero-order valence-electron chi connectivity index (χ0n) is 20.5. The molecule has 0 unspecified atom stereocenters. The number of hydrogen-bond donors (Lipinski definition) is 1. The Morgan fingerprint density at radius 1 is 1.09 bits per heavy atom. The summed E-state index contributed by atoms with van der Waals surface area (Å²) in [7, 11) is 5.25. The minimum atomic E-state index is -0.423. The molecule has 0 radical (unpaired) electrons. The van der Waals surface area contributed by atoms with Crippen LogP contribution in [0, 0.1) is 28.6 Å². The first-order valence-corrected chi connectivity index (χ1v) is 12.3. The monoisotopic (exact) mass is 451 g/mol. The quantitative estimate of drug-likeness (QED) is 0.724. The van der Waals surface area contributed by atoms with Gasteiger partial charge in [0.05, 0.1) is 20.3 Å². The highest BCUT2D eigenvalue weighted by Gasteiger charge is 2.61. The normalized spacial score (nSPS) is 40.9. The van der Waals surface area contributed by atoms with Crippen molar-refractivity contribution in [3.8, 4) is 11.5 Å². The van der Waals surface area contributed by atoms with Gasteiger partial charge in [-0.3, -0.25) is 4.79 Å². The lowest BCUT2D eigenvalue weighted by molar-refractivity contribution is -0.140. The zero-order chi connectivity index (χ0) is 23.5. The van der Waals surface area contributed by atoms with Gasteiger partial charge < -0.3 is 19.5 Å². The number of aliphatic hydroxyl groups excluding tert-OH is 1. The Hall–Kier alpha value is -2.27. The van der Waals surface area contributed by atoms with Crippen LogP contribution in [0.15, 0.2) is 35.9 Å². The second-order valence-corrected chi connectivity index (χ2v) is 11.1. The van der Waals surface area contributed by atoms with E-state index in [1.54, 1.807) is 20.3 Å². The molecule has 1 aliphatic heterocycles. The molecule has 0 saturated heterocycles. The average molecular weight is 452 g/mol. The van der Waals surface area contributed by atoms with E-state index >= 15 is 0 Å². The molecular weight excluding hydrogens is 414 g/mol. The van der Waals surface area contributed by atoms with Gasteiger partial charge in [0.1, 0.15) is 0 Å². The van der Waals surface area contributed by atoms with Crippen molar-refractivity contribution in [1.82, 2.24) is 4.90 Å². The maximum absolute atomic E-state index is 12.3. The second-order valence-electron chi connectivity index (χ2n) is 11.1. The standard InChI is InChI=1S/C28H37NO4/c1-27-13-11-25(30)29(3)24(27)9-7-19-20(27)10-12-28(2)21(19)16-18(26(28)31)14-17-6-8-22(32-4)23(15-17)33-5/h6,8,11,13-15,19-21,24,26,31H,7,9-10,12,16H2,1-5H3/b18-14+/t19-,20+,21+,24-,26+,27-,28+/m1/s1. The Balaban J connectivity index is 1.46. The van der Waals surface area contributed by atoms with Gasteiger partial charge in [-0.15, -0.1) is 0 Å². The van der Waals surface area contributed by atoms with Gasteiger partial charge in [0.2, 0.25) is 5.91 Å². The highest BCUT2D eigenvalue weighted by atomic mass is 16.5. The van der Waals surface area contributed by atoms with Crippen molar-refractivity contribution in [2.75, 3.05) is 21.3 Å². The van der Waals surface area contributed by atoms with Crippen molar-refractivity contribution in [1.29, 1.82) is 0 Å². The third kappa shape index (κ3) is 3.26. The van der Waals surface area contributed by atoms with Gasteiger partial charge in [0.15, 0.2) is 11.5 Å². The van der Waals surface area contributed by atoms with Crippen LogP contribution in [-0.2, 0) is 4.79 Å². The molecule has 5 rings (SSSR count). The fraction of sp³-hybridized carbons (Fsp3) is 0.607. The molecule has 3 saturated carbocycles. The molecule has 178 valence electrons. The number of hydrogen-bond acceptors (Lipinski definition) is 4. The van der Waals surface area contributed by atoms with E-state index in [1.807, 2.05) is 30.1 Å². The van der Waals surface area contributed by atoms with E-state index in [-0.39, 0.29) is 22.8 Å². The molecule has 3 aliphatic carbocycles. The molecule has 0 bridgehead atoms. The van der Waals surface area contributed by atoms with Crippen LogP contribution in [-0.4, -0.2) is 49.3 Å². The van der Waals surface area contributed by atoms with Crippen LogP contribution in [0.4, 0.5) is 0 Å². The fourth-order valence-electron chi connectivity index (χ4n) is 7.89. The number of carbonyl (C=O) groups excluding carboxylic acids is 1. The van der Waals surface area contributed by atoms with Crippen molar-refractivity contribution >= 4 is 12.0 Å². The minimum absolute atomic E-state index is 0.0215. The number of likely N-dealkylation sites (N-methyl/N-ethyl adjacent to an activating group) is 1. The SMILES string of the molecule is COc1ccc(/C=C2\C[C@H]3[C@@H]4CC[C@H]5N(C)C(=O)C=C[C@]5(C)[C@H]4CC[C@]3(C)[C@H]2O)cc1OC. The number of fused-ring (bicyclic) bond motifs is 5. The highest BCUT2D eigenvalue weighted by molar-refractivity contribution is 5.89. The maximum atomic E-state index is 12.3. The van der Waals surface area contributed by atoms with E-state index in [1.165, 1.54) is 0 Å². The van der Waals surface area contributed by atoms with Crippen molar-refractivity contribution in [3.63, 3.8) is 0 Å². The number of carbonyl (C=O) groups is 1. The fourth-order valence-corrected chi connectivity index (χ4v) is 7.89. The summed E-state index contributed by atoms with van der Waals surface area (Å²) in [6.07, 6.45) is 11.0. The van der Waals surface area contributed by atoms with Crippen LogP contribution in [0.3, 0.4) is 0 Å². The van der Waals surface area contributed by atoms with E-state index in [0.717, 1.165) is 43.2 Å². The summed E-state index contributed by atoms with van der Waals surface area (Å²) in [5, 5.41) is 11.5. The third-order valence-electron chi connectivity index (χ3n) is 9.76. The molecule has 1 aromatic carbocycles. The maximum Gasteiger partial charge on any atom is 0.246 e. The van der Waals surface area contributed by atoms with Gasteiger partial charge in [-0.05, 0) is 79.2 Å². The number of ether oxygens (including phenoxy) is 2. The predicted octanol–water partition coefficient (Wildman–Crippen LogP) is 4.70. The molecule has 5 nitrogen and oxygen atoms in total. The number of nitrogens with zero attached hydrogens (tertiary/aromatic N) is 1. The van der Waals surface area contributed by atoms with Crippen LogP contribution in [0.5, 0.6) is 11.5 Å². The summed E-state index contributed by atoms with van der Waals surface area (Å²) in [6, 6.07) is 6.22. The van der Waals surface area contributed by atoms with E-state index in [0.29, 0.717) is 29.3 Å². The van der Waals surface area contributed by atoms with E-state index in [4.69, 9.17) is 9.47 Å². The number of benzene rings is 1. The Morgan fingerprint density at radius 2 is 1.85 bits per heavy atom. The Bertz CT molecular complexity index is 1020. The summed E-state index contributed by atoms with van der Waals surface area (Å²) in [6.45, 7) is 4.66. The summed E-state index contributed by atoms with van der Waals surface area (Å²) in [4.78, 5) is 14.3. The van der Waals surface area contributed by atoms with Gasteiger partial charge >= 0.3 is 0 Å². The summed E-state index contributed by atoms with van der Waals surface area (Å²) in [5.74, 6) is 3.14. The molecule has 7 atom stereocenters. The Morgan fingerprint density at radius 3 is 2.58 bits per heavy atom. The molecule has 1 heterocycles. The first kappa shape index (κ1) is 22.5. The van der Waals surface area contributed by atoms with E-state index in [9.17, 15) is 9.90 Å². The number of aliphatic hydroxyl groups is 1. The van der Waals surface area contributed by atoms with Gasteiger partial charge in [0.25, 0.3) is 0 Å². The second kappa shape index (κ2) is 7.90. The topological polar surface area (TPSA) is 59.0 Å². The molecule has 1 N–H and O–H groups in total. The molecular formula is C28H37NO4. The lowest BCUT2D eigenvalue weighted by Crippen LogP contribution is -2.59. The lowest BCUT2D eigenvalue weighted by atomic mass is 9.48. The molecule has 1 amide bonds. The first-order chi connectivity index (χ1) is 15.7. The van der Waals surface area contributed by atoms with Gasteiger partial charge in [-0.2, -0.15) is 0 Å². The van der Waals surface area contributed by atoms with Gasteiger partial charge in [-0.1, -0.05) is 32.1 Å². The lowest BCUT2D eigenvalue weighted by Gasteiger charge is -2.59. The van der Waals surface area contributed by atoms with Crippen LogP contribution < -0.4 is 9.47 Å². The van der Waals surface area contributed by atoms with E-state index in [2.05, 4.69) is 26.0 Å². The molecule has 3 fully saturated rings. The smallest absolute Gasteiger partial charge is 0.246 e. The number of rotatable bonds is 3. The van der Waals surface area contributed by atoms with Crippen LogP contribution >= 0.6 is 0 Å². The summed E-state index contributed by atoms with van der Waals surface area (Å²) >= 11 is 0. The van der Waals surface area contributed by atoms with Crippen molar-refractivity contribution in [2.24, 2.45) is 28.6 Å². The van der Waals surface area contributed by atoms with Crippen molar-refractivity contribution < 1.29 is 19.4 Å². The highest BCUT2D eigenvalue weighted by Crippen LogP contribution is 2.65. The molecule has 0 aromatic heterocycles. The Labute approximate surface area is 197 Å². The molecule has 0 spiro atoms. The van der Waals surface area contributed by atoms with Crippen molar-refractivity contribution in [2.45, 2.75) is 58.1 Å². The predicted molar refractivity (Wildman–Crippen MR) is 129 cm³/mol. The van der Waals surface area contributed by atoms with Crippen LogP contribution in [0.25, 0.3) is 6.08 Å². The van der Waals surface area contributed by atoms with Crippen LogP contribution in [0.2, 0.25) is 0 Å². The first-order valence-electron chi connectivity index (χ1n) is 12.3. The largest absolute Gasteiger partial charge is 0.493 e. The van der Waals surface area contributed by atoms with Crippen LogP contribution in [0.1, 0.15) is 51.5 Å². The molecule has 5 heteroatoms. The van der Waals surface area contributed by atoms with E-state index < -0.39 is 6.10 Å². The Kier molecular flexibility index (Phi) is 5.39. The third-order valence-corrected chi connectivity index (χ3v) is 9.76. The average Bonchev–Trinajstić information content (AvgIpc) is 3.06. The minimum Gasteiger partial charge on any atom is -0.493 e. The zero-order valence-corrected chi connectivity index (χ0v) is 20.5. The number of amides is 1. The molecule has 4 aliphatic rings. The molecule has 1 aromatic rings. The summed E-state index contributed by atoms with van der Waals surface area (Å²) in [5.41, 5.74) is 2.10. The summed E-state index contributed by atoms with van der Waals surface area (Å²) < 4.78 is 10.9. The number of methoxy groups -OCH3 is 2. The van der Waals surface area contributed by atoms with Gasteiger partial charge in [-0.25, -0.2) is 0 Å². The van der Waals surface area contributed by atoms with Gasteiger partial charge in [0, 0.05) is 23.9 Å². The van der Waals surface area contributed by atoms with Crippen molar-refractivity contribution in [3.05, 3.63) is 41.5 Å².